The van der Waals surface area contributed by atoms with Crippen molar-refractivity contribution >= 4 is 11.0 Å². The number of hydrogen-bond acceptors (Lipinski definition) is 3. The fourth-order valence-corrected chi connectivity index (χ4v) is 2.76. The minimum absolute atomic E-state index is 0.202. The van der Waals surface area contributed by atoms with Gasteiger partial charge in [-0.3, -0.25) is 0 Å². The predicted molar refractivity (Wildman–Crippen MR) is 90.7 cm³/mol. The van der Waals surface area contributed by atoms with Gasteiger partial charge in [0.25, 0.3) is 0 Å². The average molecular weight is 301 g/mol. The number of fused-ring (bicyclic) bond motifs is 1. The topological polar surface area (TPSA) is 50.9 Å². The zero-order valence-electron chi connectivity index (χ0n) is 12.6. The second-order valence-corrected chi connectivity index (χ2v) is 5.44. The van der Waals surface area contributed by atoms with E-state index in [0.717, 1.165) is 22.6 Å². The summed E-state index contributed by atoms with van der Waals surface area (Å²) in [4.78, 5) is 4.60. The highest BCUT2D eigenvalue weighted by Gasteiger charge is 2.18. The second kappa shape index (κ2) is 5.25. The number of aryl methyl sites for hydroxylation is 1. The van der Waals surface area contributed by atoms with Gasteiger partial charge in [0.1, 0.15) is 11.4 Å². The number of nitrogens with zero attached hydrogens (tertiary/aromatic N) is 3. The van der Waals surface area contributed by atoms with Crippen molar-refractivity contribution in [2.75, 3.05) is 0 Å². The van der Waals surface area contributed by atoms with Crippen molar-refractivity contribution in [2.45, 2.75) is 6.92 Å². The first-order chi connectivity index (χ1) is 11.2. The lowest BCUT2D eigenvalue weighted by Gasteiger charge is -2.03. The van der Waals surface area contributed by atoms with E-state index in [1.807, 2.05) is 67.6 Å². The van der Waals surface area contributed by atoms with Crippen LogP contribution in [0.3, 0.4) is 0 Å². The molecule has 2 heterocycles. The summed E-state index contributed by atoms with van der Waals surface area (Å²) < 4.78 is 1.78. The molecule has 112 valence electrons. The summed E-state index contributed by atoms with van der Waals surface area (Å²) in [5.74, 6) is 0.202. The molecule has 0 bridgehead atoms. The Morgan fingerprint density at radius 3 is 2.26 bits per heavy atom. The molecule has 2 aromatic heterocycles. The Morgan fingerprint density at radius 2 is 1.57 bits per heavy atom. The van der Waals surface area contributed by atoms with E-state index in [0.29, 0.717) is 11.0 Å². The molecule has 4 rings (SSSR count). The van der Waals surface area contributed by atoms with E-state index in [9.17, 15) is 5.11 Å². The van der Waals surface area contributed by atoms with Gasteiger partial charge in [-0.05, 0) is 19.1 Å². The number of hydrogen-bond donors (Lipinski definition) is 1. The van der Waals surface area contributed by atoms with Crippen LogP contribution in [-0.2, 0) is 0 Å². The van der Waals surface area contributed by atoms with Crippen LogP contribution in [0.2, 0.25) is 0 Å². The SMILES string of the molecule is Cc1cc(O)c2c(-c3ccccc3)nn(-c3ccccc3)c2n1. The molecule has 0 aliphatic carbocycles. The van der Waals surface area contributed by atoms with Crippen LogP contribution in [0.15, 0.2) is 66.7 Å². The summed E-state index contributed by atoms with van der Waals surface area (Å²) in [6.07, 6.45) is 0. The quantitative estimate of drug-likeness (QED) is 0.606. The van der Waals surface area contributed by atoms with Gasteiger partial charge in [-0.25, -0.2) is 9.67 Å². The highest BCUT2D eigenvalue weighted by atomic mass is 16.3. The van der Waals surface area contributed by atoms with Gasteiger partial charge in [-0.1, -0.05) is 48.5 Å². The maximum atomic E-state index is 10.5. The molecule has 0 radical (unpaired) electrons. The Labute approximate surface area is 133 Å². The predicted octanol–water partition coefficient (Wildman–Crippen LogP) is 4.10. The molecule has 0 saturated heterocycles. The third kappa shape index (κ3) is 2.25. The summed E-state index contributed by atoms with van der Waals surface area (Å²) >= 11 is 0. The highest BCUT2D eigenvalue weighted by molar-refractivity contribution is 5.96. The van der Waals surface area contributed by atoms with Gasteiger partial charge in [0.2, 0.25) is 0 Å². The second-order valence-electron chi connectivity index (χ2n) is 5.44. The van der Waals surface area contributed by atoms with Gasteiger partial charge in [-0.2, -0.15) is 5.10 Å². The number of aromatic hydroxyl groups is 1. The monoisotopic (exact) mass is 301 g/mol. The lowest BCUT2D eigenvalue weighted by molar-refractivity contribution is 0.481. The molecular formula is C19H15N3O. The first-order valence-electron chi connectivity index (χ1n) is 7.44. The van der Waals surface area contributed by atoms with E-state index in [2.05, 4.69) is 4.98 Å². The van der Waals surface area contributed by atoms with Crippen molar-refractivity contribution in [3.63, 3.8) is 0 Å². The van der Waals surface area contributed by atoms with Crippen molar-refractivity contribution in [3.8, 4) is 22.7 Å². The third-order valence-corrected chi connectivity index (χ3v) is 3.79. The number of benzene rings is 2. The lowest BCUT2D eigenvalue weighted by atomic mass is 10.1. The van der Waals surface area contributed by atoms with Crippen LogP contribution in [0.1, 0.15) is 5.69 Å². The van der Waals surface area contributed by atoms with Crippen LogP contribution in [-0.4, -0.2) is 19.9 Å². The maximum Gasteiger partial charge on any atom is 0.167 e. The van der Waals surface area contributed by atoms with Crippen LogP contribution in [0, 0.1) is 6.92 Å². The van der Waals surface area contributed by atoms with Crippen molar-refractivity contribution in [3.05, 3.63) is 72.4 Å². The van der Waals surface area contributed by atoms with Crippen LogP contribution < -0.4 is 0 Å². The summed E-state index contributed by atoms with van der Waals surface area (Å²) in [6, 6.07) is 21.3. The van der Waals surface area contributed by atoms with Crippen molar-refractivity contribution in [1.29, 1.82) is 0 Å². The Balaban J connectivity index is 2.09. The number of pyridine rings is 1. The Bertz CT molecular complexity index is 976. The number of para-hydroxylation sites is 1. The molecule has 0 fully saturated rings. The van der Waals surface area contributed by atoms with Crippen LogP contribution in [0.25, 0.3) is 28.0 Å². The molecule has 4 heteroatoms. The molecular weight excluding hydrogens is 286 g/mol. The van der Waals surface area contributed by atoms with Gasteiger partial charge in [0.05, 0.1) is 11.1 Å². The zero-order valence-corrected chi connectivity index (χ0v) is 12.6. The fourth-order valence-electron chi connectivity index (χ4n) is 2.76. The average Bonchev–Trinajstić information content (AvgIpc) is 2.96. The molecule has 23 heavy (non-hydrogen) atoms. The van der Waals surface area contributed by atoms with Crippen molar-refractivity contribution in [1.82, 2.24) is 14.8 Å². The lowest BCUT2D eigenvalue weighted by Crippen LogP contribution is -1.98. The van der Waals surface area contributed by atoms with E-state index >= 15 is 0 Å². The van der Waals surface area contributed by atoms with Gasteiger partial charge < -0.3 is 5.11 Å². The number of rotatable bonds is 2. The van der Waals surface area contributed by atoms with Crippen molar-refractivity contribution < 1.29 is 5.11 Å². The van der Waals surface area contributed by atoms with E-state index in [1.54, 1.807) is 10.7 Å². The van der Waals surface area contributed by atoms with E-state index in [4.69, 9.17) is 5.10 Å². The molecule has 0 saturated carbocycles. The molecule has 0 amide bonds. The molecule has 0 spiro atoms. The van der Waals surface area contributed by atoms with E-state index < -0.39 is 0 Å². The summed E-state index contributed by atoms with van der Waals surface area (Å²) in [7, 11) is 0. The molecule has 4 aromatic rings. The molecule has 1 N–H and O–H groups in total. The van der Waals surface area contributed by atoms with Gasteiger partial charge in [0.15, 0.2) is 5.65 Å². The molecule has 0 aliphatic heterocycles. The smallest absolute Gasteiger partial charge is 0.167 e. The largest absolute Gasteiger partial charge is 0.507 e. The molecule has 4 nitrogen and oxygen atoms in total. The van der Waals surface area contributed by atoms with E-state index in [1.165, 1.54) is 0 Å². The minimum atomic E-state index is 0.202. The summed E-state index contributed by atoms with van der Waals surface area (Å²) in [5.41, 5.74) is 4.01. The normalized spacial score (nSPS) is 11.0. The first-order valence-corrected chi connectivity index (χ1v) is 7.44. The maximum absolute atomic E-state index is 10.5. The summed E-state index contributed by atoms with van der Waals surface area (Å²) in [6.45, 7) is 1.86. The van der Waals surface area contributed by atoms with E-state index in [-0.39, 0.29) is 5.75 Å². The summed E-state index contributed by atoms with van der Waals surface area (Å²) in [5, 5.41) is 15.9. The third-order valence-electron chi connectivity index (χ3n) is 3.79. The molecule has 0 atom stereocenters. The number of aromatic nitrogens is 3. The molecule has 0 aliphatic rings. The standard InChI is InChI=1S/C19H15N3O/c1-13-12-16(23)17-18(14-8-4-2-5-9-14)21-22(19(17)20-13)15-10-6-3-7-11-15/h2-12H,1H3,(H,20,23). The zero-order chi connectivity index (χ0) is 15.8. The van der Waals surface area contributed by atoms with Crippen molar-refractivity contribution in [2.24, 2.45) is 0 Å². The Hall–Kier alpha value is -3.14. The Morgan fingerprint density at radius 1 is 0.913 bits per heavy atom. The minimum Gasteiger partial charge on any atom is -0.507 e. The van der Waals surface area contributed by atoms with Gasteiger partial charge in [-0.15, -0.1) is 0 Å². The van der Waals surface area contributed by atoms with Gasteiger partial charge in [0, 0.05) is 17.3 Å². The van der Waals surface area contributed by atoms with Crippen LogP contribution >= 0.6 is 0 Å². The molecule has 2 aromatic carbocycles. The van der Waals surface area contributed by atoms with Crippen LogP contribution in [0.5, 0.6) is 5.75 Å². The molecule has 0 unspecified atom stereocenters. The highest BCUT2D eigenvalue weighted by Crippen LogP contribution is 2.35. The van der Waals surface area contributed by atoms with Gasteiger partial charge >= 0.3 is 0 Å². The first kappa shape index (κ1) is 13.5. The Kier molecular flexibility index (Phi) is 3.08. The van der Waals surface area contributed by atoms with Crippen LogP contribution in [0.4, 0.5) is 0 Å². The fraction of sp³-hybridized carbons (Fsp3) is 0.0526.